The first-order valence-corrected chi connectivity index (χ1v) is 10.8. The molecule has 0 radical (unpaired) electrons. The van der Waals surface area contributed by atoms with Crippen molar-refractivity contribution < 1.29 is 0 Å². The maximum absolute atomic E-state index is 4.84. The highest BCUT2D eigenvalue weighted by Gasteiger charge is 2.18. The molecule has 2 N–H and O–H groups in total. The standard InChI is InChI=1S/C22H40N6.HI/c1-6-23-22(25-18-20(4)28-15-13-26(5)14-16-28)24-11-12-27(7-2)21-10-8-9-19(3)17-21;/h8-10,17,20H,6-7,11-16,18H2,1-5H3,(H2,23,24,25);1H. The lowest BCUT2D eigenvalue weighted by Gasteiger charge is -2.35. The second-order valence-corrected chi connectivity index (χ2v) is 7.75. The van der Waals surface area contributed by atoms with Gasteiger partial charge < -0.3 is 20.4 Å². The molecule has 1 aromatic carbocycles. The summed E-state index contributed by atoms with van der Waals surface area (Å²) in [5, 5.41) is 6.89. The van der Waals surface area contributed by atoms with Crippen LogP contribution in [0.3, 0.4) is 0 Å². The number of halogens is 1. The van der Waals surface area contributed by atoms with Gasteiger partial charge >= 0.3 is 0 Å². The van der Waals surface area contributed by atoms with Crippen molar-refractivity contribution >= 4 is 35.6 Å². The molecule has 1 aliphatic heterocycles. The van der Waals surface area contributed by atoms with E-state index >= 15 is 0 Å². The molecule has 1 aromatic rings. The highest BCUT2D eigenvalue weighted by atomic mass is 127. The second-order valence-electron chi connectivity index (χ2n) is 7.75. The average molecular weight is 517 g/mol. The van der Waals surface area contributed by atoms with Crippen molar-refractivity contribution in [1.82, 2.24) is 20.4 Å². The zero-order chi connectivity index (χ0) is 20.4. The maximum atomic E-state index is 4.84. The average Bonchev–Trinajstić information content (AvgIpc) is 2.69. The van der Waals surface area contributed by atoms with Gasteiger partial charge in [0.1, 0.15) is 0 Å². The largest absolute Gasteiger partial charge is 0.370 e. The first kappa shape index (κ1) is 26.0. The van der Waals surface area contributed by atoms with Crippen LogP contribution in [0.4, 0.5) is 5.69 Å². The van der Waals surface area contributed by atoms with Crippen molar-refractivity contribution in [2.24, 2.45) is 4.99 Å². The number of anilines is 1. The number of likely N-dealkylation sites (N-methyl/N-ethyl adjacent to an activating group) is 2. The SMILES string of the molecule is CCNC(=NCC(C)N1CCN(C)CC1)NCCN(CC)c1cccc(C)c1.I. The van der Waals surface area contributed by atoms with Gasteiger partial charge in [-0.3, -0.25) is 9.89 Å². The number of aryl methyl sites for hydroxylation is 1. The maximum Gasteiger partial charge on any atom is 0.191 e. The monoisotopic (exact) mass is 516 g/mol. The molecule has 166 valence electrons. The summed E-state index contributed by atoms with van der Waals surface area (Å²) in [6, 6.07) is 9.19. The molecule has 29 heavy (non-hydrogen) atoms. The molecule has 0 saturated carbocycles. The van der Waals surface area contributed by atoms with E-state index in [1.807, 2.05) is 0 Å². The third kappa shape index (κ3) is 9.09. The second kappa shape index (κ2) is 14.0. The van der Waals surface area contributed by atoms with Gasteiger partial charge in [-0.15, -0.1) is 24.0 Å². The summed E-state index contributed by atoms with van der Waals surface area (Å²) in [6.45, 7) is 17.9. The fourth-order valence-electron chi connectivity index (χ4n) is 3.55. The number of nitrogens with zero attached hydrogens (tertiary/aromatic N) is 4. The molecular weight excluding hydrogens is 475 g/mol. The van der Waals surface area contributed by atoms with Crippen molar-refractivity contribution in [3.8, 4) is 0 Å². The predicted molar refractivity (Wildman–Crippen MR) is 137 cm³/mol. The van der Waals surface area contributed by atoms with E-state index in [2.05, 4.69) is 84.3 Å². The molecule has 1 fully saturated rings. The van der Waals surface area contributed by atoms with Crippen LogP contribution in [0.15, 0.2) is 29.3 Å². The van der Waals surface area contributed by atoms with E-state index in [0.717, 1.165) is 64.9 Å². The number of aliphatic imine (C=N–C) groups is 1. The van der Waals surface area contributed by atoms with Gasteiger partial charge in [0.2, 0.25) is 0 Å². The van der Waals surface area contributed by atoms with Crippen LogP contribution in [0.5, 0.6) is 0 Å². The number of hydrogen-bond acceptors (Lipinski definition) is 4. The summed E-state index contributed by atoms with van der Waals surface area (Å²) in [7, 11) is 2.20. The van der Waals surface area contributed by atoms with Crippen molar-refractivity contribution in [2.45, 2.75) is 33.7 Å². The third-order valence-corrected chi connectivity index (χ3v) is 5.44. The molecular formula is C22H41IN6. The zero-order valence-corrected chi connectivity index (χ0v) is 21.3. The minimum Gasteiger partial charge on any atom is -0.370 e. The Morgan fingerprint density at radius 2 is 1.90 bits per heavy atom. The van der Waals surface area contributed by atoms with E-state index in [9.17, 15) is 0 Å². The predicted octanol–water partition coefficient (Wildman–Crippen LogP) is 2.63. The van der Waals surface area contributed by atoms with Crippen LogP contribution in [-0.4, -0.2) is 87.8 Å². The number of piperazine rings is 1. The quantitative estimate of drug-likeness (QED) is 0.300. The Labute approximate surface area is 195 Å². The highest BCUT2D eigenvalue weighted by Crippen LogP contribution is 2.15. The van der Waals surface area contributed by atoms with Crippen LogP contribution in [0, 0.1) is 6.92 Å². The molecule has 0 aromatic heterocycles. The smallest absolute Gasteiger partial charge is 0.191 e. The van der Waals surface area contributed by atoms with Crippen molar-refractivity contribution in [3.63, 3.8) is 0 Å². The number of rotatable bonds is 9. The van der Waals surface area contributed by atoms with E-state index < -0.39 is 0 Å². The normalized spacial score (nSPS) is 16.8. The lowest BCUT2D eigenvalue weighted by Crippen LogP contribution is -2.49. The Kier molecular flexibility index (Phi) is 12.6. The molecule has 1 aliphatic rings. The molecule has 1 atom stereocenters. The molecule has 0 aliphatic carbocycles. The molecule has 1 saturated heterocycles. The van der Waals surface area contributed by atoms with E-state index in [1.165, 1.54) is 11.3 Å². The summed E-state index contributed by atoms with van der Waals surface area (Å²) in [5.41, 5.74) is 2.59. The van der Waals surface area contributed by atoms with Crippen LogP contribution < -0.4 is 15.5 Å². The van der Waals surface area contributed by atoms with E-state index in [1.54, 1.807) is 0 Å². The Morgan fingerprint density at radius 3 is 2.52 bits per heavy atom. The van der Waals surface area contributed by atoms with Gasteiger partial charge in [0.25, 0.3) is 0 Å². The molecule has 0 amide bonds. The minimum absolute atomic E-state index is 0. The van der Waals surface area contributed by atoms with E-state index in [4.69, 9.17) is 4.99 Å². The number of nitrogens with one attached hydrogen (secondary N) is 2. The molecule has 1 unspecified atom stereocenters. The van der Waals surface area contributed by atoms with Crippen LogP contribution in [0.25, 0.3) is 0 Å². The summed E-state index contributed by atoms with van der Waals surface area (Å²) >= 11 is 0. The summed E-state index contributed by atoms with van der Waals surface area (Å²) in [5.74, 6) is 0.920. The van der Waals surface area contributed by atoms with Crippen LogP contribution in [0.1, 0.15) is 26.3 Å². The number of guanidine groups is 1. The Bertz CT molecular complexity index is 601. The van der Waals surface area contributed by atoms with Gasteiger partial charge in [-0.1, -0.05) is 12.1 Å². The van der Waals surface area contributed by atoms with Crippen molar-refractivity contribution in [1.29, 1.82) is 0 Å². The lowest BCUT2D eigenvalue weighted by molar-refractivity contribution is 0.122. The Morgan fingerprint density at radius 1 is 1.17 bits per heavy atom. The summed E-state index contributed by atoms with van der Waals surface area (Å²) in [4.78, 5) is 12.2. The number of benzene rings is 1. The van der Waals surface area contributed by atoms with Gasteiger partial charge in [0, 0.05) is 64.1 Å². The lowest BCUT2D eigenvalue weighted by atomic mass is 10.2. The summed E-state index contributed by atoms with van der Waals surface area (Å²) < 4.78 is 0. The van der Waals surface area contributed by atoms with Gasteiger partial charge in [0.15, 0.2) is 5.96 Å². The van der Waals surface area contributed by atoms with Gasteiger partial charge in [-0.25, -0.2) is 0 Å². The molecule has 0 spiro atoms. The van der Waals surface area contributed by atoms with Crippen molar-refractivity contribution in [3.05, 3.63) is 29.8 Å². The fourth-order valence-corrected chi connectivity index (χ4v) is 3.55. The van der Waals surface area contributed by atoms with Crippen LogP contribution in [-0.2, 0) is 0 Å². The topological polar surface area (TPSA) is 46.1 Å². The van der Waals surface area contributed by atoms with Crippen LogP contribution in [0.2, 0.25) is 0 Å². The molecule has 2 rings (SSSR count). The van der Waals surface area contributed by atoms with Gasteiger partial charge in [0.05, 0.1) is 6.54 Å². The zero-order valence-electron chi connectivity index (χ0n) is 18.9. The Hall–Kier alpha value is -1.06. The molecule has 0 bridgehead atoms. The molecule has 6 nitrogen and oxygen atoms in total. The minimum atomic E-state index is 0. The highest BCUT2D eigenvalue weighted by molar-refractivity contribution is 14.0. The van der Waals surface area contributed by atoms with E-state index in [0.29, 0.717) is 6.04 Å². The first-order valence-electron chi connectivity index (χ1n) is 10.8. The summed E-state index contributed by atoms with van der Waals surface area (Å²) in [6.07, 6.45) is 0. The van der Waals surface area contributed by atoms with Gasteiger partial charge in [-0.2, -0.15) is 0 Å². The fraction of sp³-hybridized carbons (Fsp3) is 0.682. The molecule has 7 heteroatoms. The van der Waals surface area contributed by atoms with E-state index in [-0.39, 0.29) is 24.0 Å². The first-order chi connectivity index (χ1) is 13.5. The molecule has 1 heterocycles. The van der Waals surface area contributed by atoms with Crippen LogP contribution >= 0.6 is 24.0 Å². The Balaban J connectivity index is 0.00000420. The number of hydrogen-bond donors (Lipinski definition) is 2. The van der Waals surface area contributed by atoms with Gasteiger partial charge in [-0.05, 0) is 52.4 Å². The van der Waals surface area contributed by atoms with Crippen molar-refractivity contribution in [2.75, 3.05) is 70.9 Å². The third-order valence-electron chi connectivity index (χ3n) is 5.44.